The van der Waals surface area contributed by atoms with Crippen molar-refractivity contribution in [1.29, 1.82) is 0 Å². The number of carboxylic acid groups (broad SMARTS) is 1. The molecule has 1 amide bonds. The van der Waals surface area contributed by atoms with Crippen LogP contribution in [-0.4, -0.2) is 27.8 Å². The summed E-state index contributed by atoms with van der Waals surface area (Å²) in [6.07, 6.45) is 2.24. The summed E-state index contributed by atoms with van der Waals surface area (Å²) in [5.74, 6) is -2.37. The topological polar surface area (TPSA) is 86.6 Å². The van der Waals surface area contributed by atoms with Crippen molar-refractivity contribution in [1.82, 2.24) is 5.32 Å². The predicted molar refractivity (Wildman–Crippen MR) is 59.7 cm³/mol. The van der Waals surface area contributed by atoms with Gasteiger partial charge in [0.1, 0.15) is 0 Å². The molecule has 0 spiro atoms. The second-order valence-corrected chi connectivity index (χ2v) is 4.03. The van der Waals surface area contributed by atoms with Gasteiger partial charge in [0, 0.05) is 12.3 Å². The summed E-state index contributed by atoms with van der Waals surface area (Å²) in [6.45, 7) is 5.29. The summed E-state index contributed by atoms with van der Waals surface area (Å²) in [7, 11) is 0. The molecule has 5 nitrogen and oxygen atoms in total. The van der Waals surface area contributed by atoms with Crippen molar-refractivity contribution in [2.24, 2.45) is 5.92 Å². The molecule has 94 valence electrons. The third-order valence-electron chi connectivity index (χ3n) is 2.74. The Balaban J connectivity index is 4.56. The van der Waals surface area contributed by atoms with Gasteiger partial charge in [-0.15, -0.1) is 0 Å². The molecule has 0 aromatic rings. The standard InChI is InChI=1S/C11H21NO4/c1-4-6-7-9(13)12-11(16,10(14)15)8(3)5-2/h8,16H,4-7H2,1-3H3,(H,12,13)(H,14,15). The molecule has 0 radical (unpaired) electrons. The van der Waals surface area contributed by atoms with Crippen molar-refractivity contribution in [3.8, 4) is 0 Å². The van der Waals surface area contributed by atoms with E-state index in [-0.39, 0.29) is 6.42 Å². The molecule has 3 N–H and O–H groups in total. The van der Waals surface area contributed by atoms with Gasteiger partial charge in [0.2, 0.25) is 11.6 Å². The summed E-state index contributed by atoms with van der Waals surface area (Å²) in [4.78, 5) is 22.4. The second kappa shape index (κ2) is 6.48. The van der Waals surface area contributed by atoms with E-state index in [4.69, 9.17) is 5.11 Å². The Bertz CT molecular complexity index is 254. The first-order valence-electron chi connectivity index (χ1n) is 5.65. The van der Waals surface area contributed by atoms with Crippen LogP contribution in [-0.2, 0) is 9.59 Å². The molecule has 5 heteroatoms. The van der Waals surface area contributed by atoms with Crippen LogP contribution >= 0.6 is 0 Å². The molecule has 0 aromatic heterocycles. The van der Waals surface area contributed by atoms with Gasteiger partial charge < -0.3 is 15.5 Å². The number of hydrogen-bond acceptors (Lipinski definition) is 3. The normalized spacial score (nSPS) is 16.2. The van der Waals surface area contributed by atoms with Gasteiger partial charge in [0.15, 0.2) is 0 Å². The lowest BCUT2D eigenvalue weighted by Crippen LogP contribution is -2.58. The van der Waals surface area contributed by atoms with Gasteiger partial charge in [-0.05, 0) is 12.8 Å². The monoisotopic (exact) mass is 231 g/mol. The zero-order valence-corrected chi connectivity index (χ0v) is 10.1. The summed E-state index contributed by atoms with van der Waals surface area (Å²) in [6, 6.07) is 0. The maximum atomic E-state index is 11.4. The van der Waals surface area contributed by atoms with Gasteiger partial charge in [-0.3, -0.25) is 4.79 Å². The Kier molecular flexibility index (Phi) is 6.03. The predicted octanol–water partition coefficient (Wildman–Crippen LogP) is 1.11. The van der Waals surface area contributed by atoms with Crippen molar-refractivity contribution in [3.05, 3.63) is 0 Å². The fourth-order valence-electron chi connectivity index (χ4n) is 1.30. The van der Waals surface area contributed by atoms with E-state index in [2.05, 4.69) is 5.32 Å². The highest BCUT2D eigenvalue weighted by atomic mass is 16.4. The van der Waals surface area contributed by atoms with Crippen LogP contribution in [0.5, 0.6) is 0 Å². The number of carboxylic acids is 1. The first kappa shape index (κ1) is 14.9. The average molecular weight is 231 g/mol. The smallest absolute Gasteiger partial charge is 0.357 e. The van der Waals surface area contributed by atoms with Crippen LogP contribution in [0.4, 0.5) is 0 Å². The van der Waals surface area contributed by atoms with E-state index in [1.807, 2.05) is 6.92 Å². The molecule has 0 saturated heterocycles. The van der Waals surface area contributed by atoms with Crippen molar-refractivity contribution >= 4 is 11.9 Å². The third-order valence-corrected chi connectivity index (χ3v) is 2.74. The molecule has 2 atom stereocenters. The summed E-state index contributed by atoms with van der Waals surface area (Å²) >= 11 is 0. The summed E-state index contributed by atoms with van der Waals surface area (Å²) in [5, 5.41) is 21.0. The molecule has 0 heterocycles. The van der Waals surface area contributed by atoms with Gasteiger partial charge in [-0.2, -0.15) is 0 Å². The molecule has 0 saturated carbocycles. The largest absolute Gasteiger partial charge is 0.478 e. The van der Waals surface area contributed by atoms with E-state index in [0.717, 1.165) is 6.42 Å². The fraction of sp³-hybridized carbons (Fsp3) is 0.818. The number of aliphatic hydroxyl groups is 1. The first-order chi connectivity index (χ1) is 7.38. The maximum Gasteiger partial charge on any atom is 0.357 e. The van der Waals surface area contributed by atoms with Crippen LogP contribution in [0.1, 0.15) is 46.5 Å². The first-order valence-corrected chi connectivity index (χ1v) is 5.65. The van der Waals surface area contributed by atoms with E-state index >= 15 is 0 Å². The van der Waals surface area contributed by atoms with E-state index in [1.54, 1.807) is 13.8 Å². The number of carbonyl (C=O) groups is 2. The van der Waals surface area contributed by atoms with Crippen LogP contribution < -0.4 is 5.32 Å². The van der Waals surface area contributed by atoms with Crippen molar-refractivity contribution in [3.63, 3.8) is 0 Å². The lowest BCUT2D eigenvalue weighted by molar-refractivity contribution is -0.172. The minimum Gasteiger partial charge on any atom is -0.478 e. The van der Waals surface area contributed by atoms with E-state index in [1.165, 1.54) is 0 Å². The lowest BCUT2D eigenvalue weighted by atomic mass is 9.94. The molecule has 0 aliphatic rings. The summed E-state index contributed by atoms with van der Waals surface area (Å²) < 4.78 is 0. The van der Waals surface area contributed by atoms with E-state index < -0.39 is 23.5 Å². The van der Waals surface area contributed by atoms with Gasteiger partial charge in [-0.25, -0.2) is 4.79 Å². The molecule has 0 aliphatic heterocycles. The van der Waals surface area contributed by atoms with Gasteiger partial charge >= 0.3 is 5.97 Å². The number of nitrogens with one attached hydrogen (secondary N) is 1. The fourth-order valence-corrected chi connectivity index (χ4v) is 1.30. The van der Waals surface area contributed by atoms with E-state index in [9.17, 15) is 14.7 Å². The van der Waals surface area contributed by atoms with Crippen LogP contribution in [0.25, 0.3) is 0 Å². The number of unbranched alkanes of at least 4 members (excludes halogenated alkanes) is 1. The summed E-state index contributed by atoms with van der Waals surface area (Å²) in [5.41, 5.74) is -2.15. The Morgan fingerprint density at radius 1 is 1.38 bits per heavy atom. The average Bonchev–Trinajstić information content (AvgIpc) is 2.24. The highest BCUT2D eigenvalue weighted by Gasteiger charge is 2.42. The minimum atomic E-state index is -2.15. The molecule has 0 aliphatic carbocycles. The van der Waals surface area contributed by atoms with Crippen LogP contribution in [0.2, 0.25) is 0 Å². The van der Waals surface area contributed by atoms with Crippen molar-refractivity contribution < 1.29 is 19.8 Å². The number of rotatable bonds is 7. The highest BCUT2D eigenvalue weighted by Crippen LogP contribution is 2.18. The molecule has 16 heavy (non-hydrogen) atoms. The molecule has 0 rings (SSSR count). The molecule has 0 fully saturated rings. The number of aliphatic carboxylic acids is 1. The zero-order valence-electron chi connectivity index (χ0n) is 10.1. The Morgan fingerprint density at radius 3 is 2.31 bits per heavy atom. The number of carbonyl (C=O) groups excluding carboxylic acids is 1. The zero-order chi connectivity index (χ0) is 12.8. The molecule has 0 aromatic carbocycles. The van der Waals surface area contributed by atoms with Crippen LogP contribution in [0, 0.1) is 5.92 Å². The maximum absolute atomic E-state index is 11.4. The van der Waals surface area contributed by atoms with Crippen LogP contribution in [0.15, 0.2) is 0 Å². The molecule has 2 unspecified atom stereocenters. The van der Waals surface area contributed by atoms with Gasteiger partial charge in [0.25, 0.3) is 0 Å². The van der Waals surface area contributed by atoms with E-state index in [0.29, 0.717) is 12.8 Å². The van der Waals surface area contributed by atoms with Crippen LogP contribution in [0.3, 0.4) is 0 Å². The van der Waals surface area contributed by atoms with Crippen molar-refractivity contribution in [2.75, 3.05) is 0 Å². The lowest BCUT2D eigenvalue weighted by Gasteiger charge is -2.30. The number of hydrogen-bond donors (Lipinski definition) is 3. The number of amides is 1. The van der Waals surface area contributed by atoms with Gasteiger partial charge in [0.05, 0.1) is 0 Å². The minimum absolute atomic E-state index is 0.239. The Morgan fingerprint density at radius 2 is 1.94 bits per heavy atom. The second-order valence-electron chi connectivity index (χ2n) is 4.03. The quantitative estimate of drug-likeness (QED) is 0.573. The highest BCUT2D eigenvalue weighted by molar-refractivity contribution is 5.85. The third kappa shape index (κ3) is 3.81. The molecular formula is C11H21NO4. The van der Waals surface area contributed by atoms with Crippen molar-refractivity contribution in [2.45, 2.75) is 52.2 Å². The molecular weight excluding hydrogens is 210 g/mol. The van der Waals surface area contributed by atoms with Gasteiger partial charge in [-0.1, -0.05) is 27.2 Å². The molecule has 0 bridgehead atoms. The Hall–Kier alpha value is -1.10. The Labute approximate surface area is 95.9 Å². The SMILES string of the molecule is CCCCC(=O)NC(O)(C(=O)O)C(C)CC.